The molecular weight excluding hydrogens is 320 g/mol. The monoisotopic (exact) mass is 346 g/mol. The van der Waals surface area contributed by atoms with E-state index in [0.29, 0.717) is 36.1 Å². The van der Waals surface area contributed by atoms with Crippen molar-refractivity contribution in [1.29, 1.82) is 0 Å². The summed E-state index contributed by atoms with van der Waals surface area (Å²) in [5, 5.41) is 6.36. The van der Waals surface area contributed by atoms with Crippen LogP contribution in [0.5, 0.6) is 0 Å². The van der Waals surface area contributed by atoms with Gasteiger partial charge in [0.15, 0.2) is 11.2 Å². The average molecular weight is 346 g/mol. The van der Waals surface area contributed by atoms with Gasteiger partial charge in [0, 0.05) is 13.6 Å². The summed E-state index contributed by atoms with van der Waals surface area (Å²) in [7, 11) is 1.67. The van der Waals surface area contributed by atoms with Crippen LogP contribution in [-0.2, 0) is 20.1 Å². The highest BCUT2D eigenvalue weighted by atomic mass is 16.2. The molecule has 2 aromatic heterocycles. The summed E-state index contributed by atoms with van der Waals surface area (Å²) in [6.45, 7) is 11.1. The Balaban J connectivity index is 2.29. The van der Waals surface area contributed by atoms with Gasteiger partial charge >= 0.3 is 5.69 Å². The second-order valence-electron chi connectivity index (χ2n) is 7.42. The molecule has 0 bridgehead atoms. The minimum absolute atomic E-state index is 0.103. The lowest BCUT2D eigenvalue weighted by atomic mass is 10.1. The summed E-state index contributed by atoms with van der Waals surface area (Å²) in [5.41, 5.74) is 1.21. The fraction of sp³-hybridized carbons (Fsp3) is 0.647. The van der Waals surface area contributed by atoms with E-state index in [1.165, 1.54) is 9.13 Å². The van der Waals surface area contributed by atoms with E-state index in [1.54, 1.807) is 12.1 Å². The summed E-state index contributed by atoms with van der Waals surface area (Å²) < 4.78 is 4.68. The smallest absolute Gasteiger partial charge is 0.297 e. The summed E-state index contributed by atoms with van der Waals surface area (Å²) in [4.78, 5) is 30.3. The van der Waals surface area contributed by atoms with Crippen LogP contribution in [0.25, 0.3) is 11.2 Å². The van der Waals surface area contributed by atoms with E-state index in [2.05, 4.69) is 23.9 Å². The zero-order chi connectivity index (χ0) is 18.5. The van der Waals surface area contributed by atoms with Crippen molar-refractivity contribution in [3.63, 3.8) is 0 Å². The van der Waals surface area contributed by atoms with E-state index in [1.807, 2.05) is 25.3 Å². The largest absolute Gasteiger partial charge is 0.332 e. The fourth-order valence-corrected chi connectivity index (χ4v) is 3.10. The maximum absolute atomic E-state index is 13.1. The van der Waals surface area contributed by atoms with E-state index in [0.717, 1.165) is 12.1 Å². The van der Waals surface area contributed by atoms with Crippen LogP contribution in [0.15, 0.2) is 14.7 Å². The molecule has 3 heterocycles. The number of aromatic nitrogens is 4. The number of aryl methyl sites for hydroxylation is 1. The van der Waals surface area contributed by atoms with Crippen LogP contribution in [0.2, 0.25) is 0 Å². The molecule has 0 spiro atoms. The molecule has 8 heteroatoms. The molecule has 3 rings (SSSR count). The van der Waals surface area contributed by atoms with Gasteiger partial charge in [-0.3, -0.25) is 18.5 Å². The van der Waals surface area contributed by atoms with Crippen LogP contribution >= 0.6 is 0 Å². The highest BCUT2D eigenvalue weighted by molar-refractivity contribution is 5.87. The Morgan fingerprint density at radius 1 is 1.16 bits per heavy atom. The molecule has 0 fully saturated rings. The molecule has 0 radical (unpaired) electrons. The number of hydrogen-bond acceptors (Lipinski definition) is 5. The van der Waals surface area contributed by atoms with Crippen LogP contribution in [0.1, 0.15) is 41.0 Å². The topological polar surface area (TPSA) is 77.4 Å². The predicted octanol–water partition coefficient (Wildman–Crippen LogP) is 1.55. The quantitative estimate of drug-likeness (QED) is 0.841. The number of nitrogens with zero attached hydrogens (tertiary/aromatic N) is 6. The van der Waals surface area contributed by atoms with Gasteiger partial charge in [0.2, 0.25) is 5.95 Å². The summed E-state index contributed by atoms with van der Waals surface area (Å²) >= 11 is 0. The van der Waals surface area contributed by atoms with E-state index in [4.69, 9.17) is 0 Å². The third-order valence-electron chi connectivity index (χ3n) is 4.50. The fourth-order valence-electron chi connectivity index (χ4n) is 3.10. The summed E-state index contributed by atoms with van der Waals surface area (Å²) in [5.74, 6) is 1.03. The minimum Gasteiger partial charge on any atom is -0.297 e. The van der Waals surface area contributed by atoms with Crippen LogP contribution < -0.4 is 16.3 Å². The lowest BCUT2D eigenvalue weighted by molar-refractivity contribution is 0.487. The normalized spacial score (nSPS) is 14.6. The first-order valence-electron chi connectivity index (χ1n) is 8.75. The molecule has 2 aromatic rings. The van der Waals surface area contributed by atoms with Gasteiger partial charge < -0.3 is 0 Å². The Hall–Kier alpha value is -2.38. The highest BCUT2D eigenvalue weighted by Gasteiger charge is 2.27. The van der Waals surface area contributed by atoms with Crippen molar-refractivity contribution in [2.75, 3.05) is 5.01 Å². The van der Waals surface area contributed by atoms with Gasteiger partial charge in [-0.2, -0.15) is 10.1 Å². The molecule has 0 aliphatic carbocycles. The molecule has 1 aliphatic rings. The van der Waals surface area contributed by atoms with Crippen LogP contribution in [0.3, 0.4) is 0 Å². The third kappa shape index (κ3) is 2.79. The van der Waals surface area contributed by atoms with Crippen LogP contribution in [0.4, 0.5) is 5.95 Å². The zero-order valence-corrected chi connectivity index (χ0v) is 15.8. The zero-order valence-electron chi connectivity index (χ0n) is 15.8. The van der Waals surface area contributed by atoms with E-state index < -0.39 is 0 Å². The first kappa shape index (κ1) is 17.4. The number of imidazole rings is 1. The number of hydrazone groups is 1. The molecule has 0 amide bonds. The van der Waals surface area contributed by atoms with E-state index in [-0.39, 0.29) is 17.3 Å². The molecule has 136 valence electrons. The maximum Gasteiger partial charge on any atom is 0.332 e. The van der Waals surface area contributed by atoms with Crippen molar-refractivity contribution in [3.8, 4) is 0 Å². The molecule has 0 atom stereocenters. The Labute approximate surface area is 146 Å². The van der Waals surface area contributed by atoms with Gasteiger partial charge in [-0.1, -0.05) is 13.8 Å². The molecule has 25 heavy (non-hydrogen) atoms. The van der Waals surface area contributed by atoms with Crippen molar-refractivity contribution in [3.05, 3.63) is 20.8 Å². The first-order chi connectivity index (χ1) is 11.7. The molecular formula is C17H26N6O2. The number of anilines is 1. The Morgan fingerprint density at radius 2 is 1.84 bits per heavy atom. The predicted molar refractivity (Wildman–Crippen MR) is 99.4 cm³/mol. The number of fused-ring (bicyclic) bond motifs is 3. The molecule has 0 saturated carbocycles. The van der Waals surface area contributed by atoms with Gasteiger partial charge in [0.05, 0.1) is 18.3 Å². The van der Waals surface area contributed by atoms with Crippen molar-refractivity contribution in [2.24, 2.45) is 18.1 Å². The summed E-state index contributed by atoms with van der Waals surface area (Å²) in [6, 6.07) is 0.103. The molecule has 0 aromatic carbocycles. The van der Waals surface area contributed by atoms with Gasteiger partial charge in [0.25, 0.3) is 5.56 Å². The SMILES string of the molecule is CC1=NN(C(C)C)c2nc3c(c(=O)n(CCC(C)C)c(=O)n3C)n2C1. The molecule has 0 saturated heterocycles. The Bertz CT molecular complexity index is 960. The molecule has 0 unspecified atom stereocenters. The second kappa shape index (κ2) is 6.16. The Morgan fingerprint density at radius 3 is 2.44 bits per heavy atom. The van der Waals surface area contributed by atoms with Gasteiger partial charge in [-0.15, -0.1) is 0 Å². The molecule has 0 N–H and O–H groups in total. The van der Waals surface area contributed by atoms with E-state index >= 15 is 0 Å². The van der Waals surface area contributed by atoms with Gasteiger partial charge in [0.1, 0.15) is 0 Å². The maximum atomic E-state index is 13.1. The molecule has 1 aliphatic heterocycles. The number of hydrogen-bond donors (Lipinski definition) is 0. The lowest BCUT2D eigenvalue weighted by Crippen LogP contribution is -2.40. The van der Waals surface area contributed by atoms with Crippen molar-refractivity contribution >= 4 is 22.8 Å². The van der Waals surface area contributed by atoms with Gasteiger partial charge in [-0.05, 0) is 33.1 Å². The average Bonchev–Trinajstić information content (AvgIpc) is 2.90. The third-order valence-corrected chi connectivity index (χ3v) is 4.50. The van der Waals surface area contributed by atoms with Crippen molar-refractivity contribution in [1.82, 2.24) is 18.7 Å². The summed E-state index contributed by atoms with van der Waals surface area (Å²) in [6.07, 6.45) is 0.778. The minimum atomic E-state index is -0.317. The van der Waals surface area contributed by atoms with Crippen LogP contribution in [-0.4, -0.2) is 30.4 Å². The van der Waals surface area contributed by atoms with Crippen molar-refractivity contribution < 1.29 is 0 Å². The number of rotatable bonds is 4. The standard InChI is InChI=1S/C17H26N6O2/c1-10(2)7-8-21-15(24)13-14(20(6)17(21)25)18-16-22(13)9-12(5)19-23(16)11(3)4/h10-11H,7-9H2,1-6H3. The molecule has 8 nitrogen and oxygen atoms in total. The van der Waals surface area contributed by atoms with Crippen LogP contribution in [0, 0.1) is 5.92 Å². The lowest BCUT2D eigenvalue weighted by Gasteiger charge is -2.27. The van der Waals surface area contributed by atoms with Crippen molar-refractivity contribution in [2.45, 2.75) is 60.2 Å². The van der Waals surface area contributed by atoms with Gasteiger partial charge in [-0.25, -0.2) is 9.80 Å². The van der Waals surface area contributed by atoms with E-state index in [9.17, 15) is 9.59 Å². The second-order valence-corrected chi connectivity index (χ2v) is 7.42. The first-order valence-corrected chi connectivity index (χ1v) is 8.75. The highest BCUT2D eigenvalue weighted by Crippen LogP contribution is 2.25. The Kier molecular flexibility index (Phi) is 4.30.